The molecule has 18 heavy (non-hydrogen) atoms. The van der Waals surface area contributed by atoms with Crippen LogP contribution in [0.3, 0.4) is 0 Å². The predicted molar refractivity (Wildman–Crippen MR) is 72.4 cm³/mol. The van der Waals surface area contributed by atoms with Gasteiger partial charge in [0.25, 0.3) is 0 Å². The monoisotopic (exact) mass is 274 g/mol. The maximum atomic E-state index is 11.5. The molecule has 2 aliphatic heterocycles. The van der Waals surface area contributed by atoms with Crippen molar-refractivity contribution in [2.75, 3.05) is 45.2 Å². The fourth-order valence-corrected chi connectivity index (χ4v) is 4.23. The molecule has 1 fully saturated rings. The molecule has 0 atom stereocenters. The summed E-state index contributed by atoms with van der Waals surface area (Å²) < 4.78 is 23.1. The van der Waals surface area contributed by atoms with E-state index < -0.39 is 9.84 Å². The highest BCUT2D eigenvalue weighted by Crippen LogP contribution is 2.33. The summed E-state index contributed by atoms with van der Waals surface area (Å²) in [7, 11) is 1.18. The number of hydrogen-bond donors (Lipinski definition) is 1. The molecule has 0 aromatic heterocycles. The van der Waals surface area contributed by atoms with Gasteiger partial charge in [-0.15, -0.1) is 0 Å². The molecule has 104 valence electrons. The molecule has 0 bridgehead atoms. The van der Waals surface area contributed by atoms with Crippen LogP contribution in [0.4, 0.5) is 0 Å². The first-order chi connectivity index (χ1) is 8.35. The lowest BCUT2D eigenvalue weighted by molar-refractivity contribution is 0.169. The topological polar surface area (TPSA) is 79.0 Å². The average Bonchev–Trinajstić information content (AvgIpc) is 2.59. The van der Waals surface area contributed by atoms with E-state index in [2.05, 4.69) is 14.8 Å². The van der Waals surface area contributed by atoms with Gasteiger partial charge >= 0.3 is 0 Å². The fraction of sp³-hybridized carbons (Fsp3) is 0.909. The number of likely N-dealkylation sites (N-methyl/N-ethyl adjacent to an activating group) is 1. The average molecular weight is 274 g/mol. The van der Waals surface area contributed by atoms with E-state index in [9.17, 15) is 8.42 Å². The summed E-state index contributed by atoms with van der Waals surface area (Å²) in [5.74, 6) is 1.08. The van der Waals surface area contributed by atoms with Gasteiger partial charge in [0, 0.05) is 13.1 Å². The summed E-state index contributed by atoms with van der Waals surface area (Å²) in [6.07, 6.45) is 1.29. The summed E-state index contributed by atoms with van der Waals surface area (Å²) >= 11 is 0. The quantitative estimate of drug-likeness (QED) is 0.723. The van der Waals surface area contributed by atoms with Gasteiger partial charge in [-0.2, -0.15) is 0 Å². The second kappa shape index (κ2) is 4.70. The van der Waals surface area contributed by atoms with Crippen molar-refractivity contribution >= 4 is 15.8 Å². The summed E-state index contributed by atoms with van der Waals surface area (Å²) in [6.45, 7) is 2.34. The number of hydrogen-bond acceptors (Lipinski definition) is 6. The van der Waals surface area contributed by atoms with Crippen LogP contribution in [-0.4, -0.2) is 75.0 Å². The molecule has 0 radical (unpaired) electrons. The minimum Gasteiger partial charge on any atom is -0.370 e. The molecule has 1 saturated heterocycles. The van der Waals surface area contributed by atoms with Gasteiger partial charge in [-0.3, -0.25) is 4.99 Å². The van der Waals surface area contributed by atoms with Gasteiger partial charge in [0.15, 0.2) is 15.8 Å². The lowest BCUT2D eigenvalue weighted by Gasteiger charge is -2.42. The highest BCUT2D eigenvalue weighted by atomic mass is 32.2. The minimum atomic E-state index is -2.85. The second-order valence-corrected chi connectivity index (χ2v) is 7.81. The van der Waals surface area contributed by atoms with E-state index in [1.807, 2.05) is 14.1 Å². The number of nitrogens with zero attached hydrogens (tertiary/aromatic N) is 3. The summed E-state index contributed by atoms with van der Waals surface area (Å²) in [6, 6.07) is 0. The van der Waals surface area contributed by atoms with Crippen LogP contribution in [0.15, 0.2) is 4.99 Å². The highest BCUT2D eigenvalue weighted by molar-refractivity contribution is 7.91. The largest absolute Gasteiger partial charge is 0.370 e. The van der Waals surface area contributed by atoms with Crippen molar-refractivity contribution in [3.8, 4) is 0 Å². The van der Waals surface area contributed by atoms with Gasteiger partial charge in [0.05, 0.1) is 23.6 Å². The van der Waals surface area contributed by atoms with E-state index in [1.165, 1.54) is 0 Å². The van der Waals surface area contributed by atoms with E-state index >= 15 is 0 Å². The van der Waals surface area contributed by atoms with Crippen LogP contribution < -0.4 is 5.73 Å². The molecule has 0 unspecified atom stereocenters. The van der Waals surface area contributed by atoms with Crippen molar-refractivity contribution in [3.05, 3.63) is 0 Å². The molecular formula is C11H22N4O2S. The van der Waals surface area contributed by atoms with Crippen LogP contribution in [0.2, 0.25) is 0 Å². The maximum Gasteiger partial charge on any atom is 0.191 e. The molecule has 7 heteroatoms. The van der Waals surface area contributed by atoms with E-state index in [-0.39, 0.29) is 17.0 Å². The molecular weight excluding hydrogens is 252 g/mol. The van der Waals surface area contributed by atoms with E-state index in [1.54, 1.807) is 0 Å². The maximum absolute atomic E-state index is 11.5. The van der Waals surface area contributed by atoms with E-state index in [4.69, 9.17) is 5.73 Å². The third-order valence-corrected chi connectivity index (χ3v) is 5.56. The van der Waals surface area contributed by atoms with Crippen LogP contribution in [-0.2, 0) is 9.84 Å². The first-order valence-electron chi connectivity index (χ1n) is 6.27. The third-order valence-electron chi connectivity index (χ3n) is 3.91. The Morgan fingerprint density at radius 2 is 2.00 bits per heavy atom. The summed E-state index contributed by atoms with van der Waals surface area (Å²) in [5.41, 5.74) is 5.80. The Hall–Kier alpha value is -0.820. The zero-order chi connectivity index (χ0) is 13.4. The molecule has 6 nitrogen and oxygen atoms in total. The van der Waals surface area contributed by atoms with Gasteiger partial charge in [-0.25, -0.2) is 8.42 Å². The van der Waals surface area contributed by atoms with Crippen LogP contribution in [0.5, 0.6) is 0 Å². The molecule has 0 saturated carbocycles. The van der Waals surface area contributed by atoms with Gasteiger partial charge in [-0.05, 0) is 26.9 Å². The van der Waals surface area contributed by atoms with Gasteiger partial charge in [0.1, 0.15) is 0 Å². The molecule has 2 aliphatic rings. The van der Waals surface area contributed by atoms with Gasteiger partial charge in [-0.1, -0.05) is 0 Å². The molecule has 2 rings (SSSR count). The Labute approximate surface area is 109 Å². The van der Waals surface area contributed by atoms with Crippen molar-refractivity contribution in [1.29, 1.82) is 0 Å². The van der Waals surface area contributed by atoms with Crippen LogP contribution >= 0.6 is 0 Å². The number of aliphatic imine (C=N–C) groups is 1. The zero-order valence-corrected chi connectivity index (χ0v) is 11.9. The lowest BCUT2D eigenvalue weighted by atomic mass is 9.91. The molecule has 0 aromatic carbocycles. The van der Waals surface area contributed by atoms with E-state index in [0.29, 0.717) is 25.3 Å². The third kappa shape index (κ3) is 2.61. The summed E-state index contributed by atoms with van der Waals surface area (Å²) in [5, 5.41) is 0. The van der Waals surface area contributed by atoms with Crippen LogP contribution in [0, 0.1) is 0 Å². The van der Waals surface area contributed by atoms with Crippen molar-refractivity contribution < 1.29 is 8.42 Å². The normalized spacial score (nSPS) is 25.7. The van der Waals surface area contributed by atoms with Crippen molar-refractivity contribution in [2.24, 2.45) is 10.7 Å². The standard InChI is InChI=1S/C11H22N4O2S/c1-14(2)5-6-15-10(12)13-9-11(15)3-7-18(16,17)8-4-11/h3-9H2,1-2H3,(H2,12,13). The molecule has 0 aliphatic carbocycles. The molecule has 0 aromatic rings. The second-order valence-electron chi connectivity index (χ2n) is 5.51. The lowest BCUT2D eigenvalue weighted by Crippen LogP contribution is -2.56. The number of nitrogens with two attached hydrogens (primary N) is 1. The SMILES string of the molecule is CN(C)CCN1C(N)=NCC12CCS(=O)(=O)CC2. The Bertz CT molecular complexity index is 430. The zero-order valence-electron chi connectivity index (χ0n) is 11.1. The van der Waals surface area contributed by atoms with Crippen LogP contribution in [0.1, 0.15) is 12.8 Å². The van der Waals surface area contributed by atoms with Crippen molar-refractivity contribution in [3.63, 3.8) is 0 Å². The highest BCUT2D eigenvalue weighted by Gasteiger charge is 2.45. The molecule has 2 heterocycles. The molecule has 1 spiro atoms. The van der Waals surface area contributed by atoms with E-state index in [0.717, 1.165) is 13.1 Å². The number of guanidine groups is 1. The number of rotatable bonds is 3. The van der Waals surface area contributed by atoms with Gasteiger partial charge in [0.2, 0.25) is 0 Å². The van der Waals surface area contributed by atoms with Crippen LogP contribution in [0.25, 0.3) is 0 Å². The minimum absolute atomic E-state index is 0.147. The van der Waals surface area contributed by atoms with Crippen molar-refractivity contribution in [1.82, 2.24) is 9.80 Å². The fourth-order valence-electron chi connectivity index (χ4n) is 2.64. The van der Waals surface area contributed by atoms with Gasteiger partial charge < -0.3 is 15.5 Å². The Morgan fingerprint density at radius 1 is 1.39 bits per heavy atom. The summed E-state index contributed by atoms with van der Waals surface area (Å²) in [4.78, 5) is 8.54. The Balaban J connectivity index is 2.08. The number of sulfone groups is 1. The Morgan fingerprint density at radius 3 is 2.56 bits per heavy atom. The predicted octanol–water partition coefficient (Wildman–Crippen LogP) is -0.874. The van der Waals surface area contributed by atoms with Crippen molar-refractivity contribution in [2.45, 2.75) is 18.4 Å². The molecule has 0 amide bonds. The molecule has 2 N–H and O–H groups in total. The first kappa shape index (κ1) is 13.6. The first-order valence-corrected chi connectivity index (χ1v) is 8.10. The smallest absolute Gasteiger partial charge is 0.191 e. The Kier molecular flexibility index (Phi) is 3.55.